The summed E-state index contributed by atoms with van der Waals surface area (Å²) in [5.41, 5.74) is 8.74. The van der Waals surface area contributed by atoms with Gasteiger partial charge in [-0.1, -0.05) is 36.8 Å². The summed E-state index contributed by atoms with van der Waals surface area (Å²) in [6, 6.07) is 8.86. The van der Waals surface area contributed by atoms with E-state index in [-0.39, 0.29) is 6.04 Å². The van der Waals surface area contributed by atoms with Crippen LogP contribution in [0, 0.1) is 18.8 Å². The summed E-state index contributed by atoms with van der Waals surface area (Å²) in [7, 11) is 0. The van der Waals surface area contributed by atoms with Crippen LogP contribution in [0.5, 0.6) is 0 Å². The lowest BCUT2D eigenvalue weighted by Crippen LogP contribution is -2.13. The van der Waals surface area contributed by atoms with Crippen LogP contribution in [-0.2, 0) is 0 Å². The third-order valence-electron chi connectivity index (χ3n) is 3.10. The van der Waals surface area contributed by atoms with Crippen molar-refractivity contribution in [1.29, 1.82) is 0 Å². The first kappa shape index (κ1) is 8.76. The van der Waals surface area contributed by atoms with E-state index in [1.165, 1.54) is 17.5 Å². The van der Waals surface area contributed by atoms with Crippen molar-refractivity contribution < 1.29 is 0 Å². The van der Waals surface area contributed by atoms with E-state index in [4.69, 9.17) is 5.73 Å². The molecular weight excluding hydrogens is 158 g/mol. The summed E-state index contributed by atoms with van der Waals surface area (Å²) >= 11 is 0. The molecule has 1 heteroatoms. The molecule has 70 valence electrons. The van der Waals surface area contributed by atoms with Gasteiger partial charge in [0.2, 0.25) is 0 Å². The molecular formula is C12H17N. The minimum absolute atomic E-state index is 0.260. The summed E-state index contributed by atoms with van der Waals surface area (Å²) in [6.45, 7) is 4.38. The molecule has 1 saturated carbocycles. The van der Waals surface area contributed by atoms with E-state index in [1.54, 1.807) is 0 Å². The van der Waals surface area contributed by atoms with Crippen LogP contribution in [0.3, 0.4) is 0 Å². The first-order valence-electron chi connectivity index (χ1n) is 5.00. The predicted octanol–water partition coefficient (Wildman–Crippen LogP) is 2.65. The van der Waals surface area contributed by atoms with Gasteiger partial charge in [-0.05, 0) is 30.7 Å². The normalized spacial score (nSPS) is 28.5. The molecule has 1 aromatic carbocycles. The summed E-state index contributed by atoms with van der Waals surface area (Å²) < 4.78 is 0. The highest BCUT2D eigenvalue weighted by Crippen LogP contribution is 2.45. The summed E-state index contributed by atoms with van der Waals surface area (Å²) in [6.07, 6.45) is 1.30. The molecule has 1 aliphatic rings. The fourth-order valence-electron chi connectivity index (χ4n) is 1.89. The van der Waals surface area contributed by atoms with Crippen molar-refractivity contribution in [3.05, 3.63) is 35.4 Å². The third-order valence-corrected chi connectivity index (χ3v) is 3.10. The van der Waals surface area contributed by atoms with Gasteiger partial charge in [0.25, 0.3) is 0 Å². The van der Waals surface area contributed by atoms with Crippen molar-refractivity contribution in [3.63, 3.8) is 0 Å². The van der Waals surface area contributed by atoms with Crippen LogP contribution < -0.4 is 5.73 Å². The number of benzene rings is 1. The molecule has 0 heterocycles. The van der Waals surface area contributed by atoms with Gasteiger partial charge >= 0.3 is 0 Å². The standard InChI is InChI=1S/C12H17N/c1-8-3-5-10(6-4-8)12(13)11-7-9(11)2/h3-6,9,11-12H,7,13H2,1-2H3. The zero-order valence-electron chi connectivity index (χ0n) is 8.33. The maximum Gasteiger partial charge on any atom is 0.0326 e. The van der Waals surface area contributed by atoms with Gasteiger partial charge in [-0.3, -0.25) is 0 Å². The van der Waals surface area contributed by atoms with E-state index in [0.29, 0.717) is 0 Å². The highest BCUT2D eigenvalue weighted by Gasteiger charge is 2.38. The first-order valence-corrected chi connectivity index (χ1v) is 5.00. The number of hydrogen-bond donors (Lipinski definition) is 1. The Morgan fingerprint density at radius 1 is 1.31 bits per heavy atom. The van der Waals surface area contributed by atoms with Crippen molar-refractivity contribution in [2.75, 3.05) is 0 Å². The van der Waals surface area contributed by atoms with Gasteiger partial charge in [0, 0.05) is 6.04 Å². The second-order valence-electron chi connectivity index (χ2n) is 4.31. The van der Waals surface area contributed by atoms with Crippen LogP contribution >= 0.6 is 0 Å². The number of nitrogens with two attached hydrogens (primary N) is 1. The Bertz CT molecular complexity index is 288. The number of hydrogen-bond acceptors (Lipinski definition) is 1. The number of aryl methyl sites for hydroxylation is 1. The van der Waals surface area contributed by atoms with E-state index >= 15 is 0 Å². The molecule has 0 amide bonds. The van der Waals surface area contributed by atoms with Crippen molar-refractivity contribution >= 4 is 0 Å². The SMILES string of the molecule is Cc1ccc(C(N)C2CC2C)cc1. The molecule has 0 bridgehead atoms. The molecule has 1 aliphatic carbocycles. The van der Waals surface area contributed by atoms with Crippen LogP contribution in [0.1, 0.15) is 30.5 Å². The number of rotatable bonds is 2. The van der Waals surface area contributed by atoms with Crippen molar-refractivity contribution in [2.45, 2.75) is 26.3 Å². The molecule has 0 aromatic heterocycles. The van der Waals surface area contributed by atoms with E-state index in [0.717, 1.165) is 11.8 Å². The van der Waals surface area contributed by atoms with Gasteiger partial charge in [-0.15, -0.1) is 0 Å². The molecule has 13 heavy (non-hydrogen) atoms. The van der Waals surface area contributed by atoms with Gasteiger partial charge in [-0.2, -0.15) is 0 Å². The Hall–Kier alpha value is -0.820. The lowest BCUT2D eigenvalue weighted by molar-refractivity contribution is 0.593. The molecule has 0 spiro atoms. The quantitative estimate of drug-likeness (QED) is 0.734. The molecule has 3 atom stereocenters. The zero-order valence-corrected chi connectivity index (χ0v) is 8.33. The van der Waals surface area contributed by atoms with Gasteiger partial charge in [-0.25, -0.2) is 0 Å². The molecule has 0 saturated heterocycles. The van der Waals surface area contributed by atoms with E-state index in [1.807, 2.05) is 0 Å². The minimum Gasteiger partial charge on any atom is -0.324 e. The maximum atomic E-state index is 6.14. The Balaban J connectivity index is 2.12. The van der Waals surface area contributed by atoms with Gasteiger partial charge < -0.3 is 5.73 Å². The summed E-state index contributed by atoms with van der Waals surface area (Å²) in [5.74, 6) is 1.55. The van der Waals surface area contributed by atoms with Crippen molar-refractivity contribution in [2.24, 2.45) is 17.6 Å². The summed E-state index contributed by atoms with van der Waals surface area (Å²) in [4.78, 5) is 0. The molecule has 0 aliphatic heterocycles. The van der Waals surface area contributed by atoms with E-state index in [9.17, 15) is 0 Å². The van der Waals surface area contributed by atoms with Crippen molar-refractivity contribution in [1.82, 2.24) is 0 Å². The highest BCUT2D eigenvalue weighted by atomic mass is 14.7. The Labute approximate surface area is 80.0 Å². The zero-order chi connectivity index (χ0) is 9.42. The van der Waals surface area contributed by atoms with Crippen LogP contribution in [0.25, 0.3) is 0 Å². The maximum absolute atomic E-state index is 6.14. The lowest BCUT2D eigenvalue weighted by Gasteiger charge is -2.11. The van der Waals surface area contributed by atoms with Gasteiger partial charge in [0.15, 0.2) is 0 Å². The molecule has 2 rings (SSSR count). The fourth-order valence-corrected chi connectivity index (χ4v) is 1.89. The average Bonchev–Trinajstić information content (AvgIpc) is 2.83. The molecule has 0 radical (unpaired) electrons. The Kier molecular flexibility index (Phi) is 2.12. The lowest BCUT2D eigenvalue weighted by atomic mass is 10.0. The molecule has 2 N–H and O–H groups in total. The van der Waals surface area contributed by atoms with Crippen LogP contribution in [0.2, 0.25) is 0 Å². The monoisotopic (exact) mass is 175 g/mol. The third kappa shape index (κ3) is 1.75. The van der Waals surface area contributed by atoms with E-state index < -0.39 is 0 Å². The van der Waals surface area contributed by atoms with Crippen LogP contribution in [0.4, 0.5) is 0 Å². The Morgan fingerprint density at radius 2 is 1.85 bits per heavy atom. The smallest absolute Gasteiger partial charge is 0.0326 e. The highest BCUT2D eigenvalue weighted by molar-refractivity contribution is 5.25. The minimum atomic E-state index is 0.260. The van der Waals surface area contributed by atoms with E-state index in [2.05, 4.69) is 38.1 Å². The first-order chi connectivity index (χ1) is 6.18. The van der Waals surface area contributed by atoms with Crippen LogP contribution in [-0.4, -0.2) is 0 Å². The van der Waals surface area contributed by atoms with Gasteiger partial charge in [0.1, 0.15) is 0 Å². The fraction of sp³-hybridized carbons (Fsp3) is 0.500. The molecule has 1 fully saturated rings. The molecule has 1 aromatic rings. The van der Waals surface area contributed by atoms with Crippen molar-refractivity contribution in [3.8, 4) is 0 Å². The Morgan fingerprint density at radius 3 is 2.31 bits per heavy atom. The summed E-state index contributed by atoms with van der Waals surface area (Å²) in [5, 5.41) is 0. The van der Waals surface area contributed by atoms with Crippen LogP contribution in [0.15, 0.2) is 24.3 Å². The predicted molar refractivity (Wildman–Crippen MR) is 55.4 cm³/mol. The molecule has 1 nitrogen and oxygen atoms in total. The largest absolute Gasteiger partial charge is 0.324 e. The topological polar surface area (TPSA) is 26.0 Å². The molecule has 3 unspecified atom stereocenters. The average molecular weight is 175 g/mol. The van der Waals surface area contributed by atoms with Gasteiger partial charge in [0.05, 0.1) is 0 Å². The second kappa shape index (κ2) is 3.15. The second-order valence-corrected chi connectivity index (χ2v) is 4.31.